The molecular formula is C22H29N5O3S. The zero-order valence-corrected chi connectivity index (χ0v) is 19.6. The van der Waals surface area contributed by atoms with Crippen molar-refractivity contribution in [2.45, 2.75) is 70.5 Å². The normalized spacial score (nSPS) is 13.3. The standard InChI is InChI=1S/C22H29N5O3S/c1-7-27-20(15(5)29-18-10-8-17(9-11-18)13(2)3)24-25-22(27)31-16(6)21(28)23-19-12-14(4)30-26-19/h8-13,15-16H,7H2,1-6H3,(H,23,26,28). The molecule has 2 atom stereocenters. The lowest BCUT2D eigenvalue weighted by Gasteiger charge is -2.17. The summed E-state index contributed by atoms with van der Waals surface area (Å²) in [5, 5.41) is 15.5. The highest BCUT2D eigenvalue weighted by Gasteiger charge is 2.23. The lowest BCUT2D eigenvalue weighted by atomic mass is 10.0. The van der Waals surface area contributed by atoms with Crippen LogP contribution in [0.4, 0.5) is 5.82 Å². The highest BCUT2D eigenvalue weighted by atomic mass is 32.2. The van der Waals surface area contributed by atoms with E-state index in [2.05, 4.69) is 46.7 Å². The van der Waals surface area contributed by atoms with Crippen LogP contribution in [0.3, 0.4) is 0 Å². The van der Waals surface area contributed by atoms with Gasteiger partial charge in [0.15, 0.2) is 22.9 Å². The van der Waals surface area contributed by atoms with Crippen molar-refractivity contribution >= 4 is 23.5 Å². The lowest BCUT2D eigenvalue weighted by molar-refractivity contribution is -0.115. The Balaban J connectivity index is 1.66. The molecule has 0 fully saturated rings. The van der Waals surface area contributed by atoms with Crippen molar-refractivity contribution in [1.82, 2.24) is 19.9 Å². The molecule has 3 rings (SSSR count). The first-order valence-corrected chi connectivity index (χ1v) is 11.3. The van der Waals surface area contributed by atoms with Crippen LogP contribution in [-0.2, 0) is 11.3 Å². The summed E-state index contributed by atoms with van der Waals surface area (Å²) in [5.41, 5.74) is 1.27. The average molecular weight is 444 g/mol. The second-order valence-electron chi connectivity index (χ2n) is 7.64. The topological polar surface area (TPSA) is 95.1 Å². The van der Waals surface area contributed by atoms with Crippen LogP contribution in [0.15, 0.2) is 40.0 Å². The van der Waals surface area contributed by atoms with Crippen LogP contribution < -0.4 is 10.1 Å². The first-order valence-electron chi connectivity index (χ1n) is 10.4. The van der Waals surface area contributed by atoms with Crippen molar-refractivity contribution in [2.24, 2.45) is 0 Å². The van der Waals surface area contributed by atoms with Crippen LogP contribution in [0.5, 0.6) is 5.75 Å². The fraction of sp³-hybridized carbons (Fsp3) is 0.455. The molecule has 0 aliphatic rings. The Morgan fingerprint density at radius 3 is 2.48 bits per heavy atom. The maximum atomic E-state index is 12.5. The summed E-state index contributed by atoms with van der Waals surface area (Å²) < 4.78 is 13.1. The van der Waals surface area contributed by atoms with Gasteiger partial charge in [-0.1, -0.05) is 42.9 Å². The van der Waals surface area contributed by atoms with Gasteiger partial charge in [0, 0.05) is 12.6 Å². The van der Waals surface area contributed by atoms with E-state index >= 15 is 0 Å². The van der Waals surface area contributed by atoms with Crippen LogP contribution in [0.25, 0.3) is 0 Å². The smallest absolute Gasteiger partial charge is 0.238 e. The third kappa shape index (κ3) is 5.66. The van der Waals surface area contributed by atoms with E-state index in [9.17, 15) is 4.79 Å². The third-order valence-corrected chi connectivity index (χ3v) is 5.90. The van der Waals surface area contributed by atoms with Crippen LogP contribution in [0, 0.1) is 6.92 Å². The van der Waals surface area contributed by atoms with Crippen molar-refractivity contribution in [3.8, 4) is 5.75 Å². The van der Waals surface area contributed by atoms with E-state index in [-0.39, 0.29) is 17.3 Å². The molecule has 2 unspecified atom stereocenters. The van der Waals surface area contributed by atoms with Gasteiger partial charge in [-0.2, -0.15) is 0 Å². The Kier molecular flexibility index (Phi) is 7.37. The van der Waals surface area contributed by atoms with E-state index in [1.54, 1.807) is 13.0 Å². The van der Waals surface area contributed by atoms with E-state index in [4.69, 9.17) is 9.26 Å². The molecule has 1 amide bonds. The van der Waals surface area contributed by atoms with E-state index in [0.29, 0.717) is 29.2 Å². The maximum absolute atomic E-state index is 12.5. The molecule has 0 aliphatic carbocycles. The summed E-state index contributed by atoms with van der Waals surface area (Å²) >= 11 is 1.34. The fourth-order valence-electron chi connectivity index (χ4n) is 3.04. The molecule has 0 bridgehead atoms. The van der Waals surface area contributed by atoms with Crippen molar-refractivity contribution in [3.05, 3.63) is 47.5 Å². The van der Waals surface area contributed by atoms with Gasteiger partial charge in [-0.15, -0.1) is 10.2 Å². The van der Waals surface area contributed by atoms with Crippen LogP contribution in [0.2, 0.25) is 0 Å². The molecule has 0 spiro atoms. The Bertz CT molecular complexity index is 1010. The number of aryl methyl sites for hydroxylation is 1. The summed E-state index contributed by atoms with van der Waals surface area (Å²) in [4.78, 5) is 12.5. The number of hydrogen-bond donors (Lipinski definition) is 1. The predicted octanol–water partition coefficient (Wildman–Crippen LogP) is 4.98. The number of benzene rings is 1. The molecule has 0 saturated carbocycles. The third-order valence-electron chi connectivity index (χ3n) is 4.82. The number of hydrogen-bond acceptors (Lipinski definition) is 7. The van der Waals surface area contributed by atoms with Crippen LogP contribution >= 0.6 is 11.8 Å². The molecule has 166 valence electrons. The second kappa shape index (κ2) is 10.00. The summed E-state index contributed by atoms with van der Waals surface area (Å²) in [7, 11) is 0. The Hall–Kier alpha value is -2.81. The summed E-state index contributed by atoms with van der Waals surface area (Å²) in [5.74, 6) is 2.84. The molecule has 0 aliphatic heterocycles. The number of rotatable bonds is 9. The molecule has 0 saturated heterocycles. The summed E-state index contributed by atoms with van der Waals surface area (Å²) in [6, 6.07) is 9.79. The van der Waals surface area contributed by atoms with Gasteiger partial charge in [0.1, 0.15) is 11.5 Å². The predicted molar refractivity (Wildman–Crippen MR) is 120 cm³/mol. The van der Waals surface area contributed by atoms with Crippen molar-refractivity contribution in [1.29, 1.82) is 0 Å². The van der Waals surface area contributed by atoms with Gasteiger partial charge in [0.25, 0.3) is 0 Å². The number of amides is 1. The zero-order valence-electron chi connectivity index (χ0n) is 18.7. The van der Waals surface area contributed by atoms with Crippen LogP contribution in [0.1, 0.15) is 63.8 Å². The minimum Gasteiger partial charge on any atom is -0.483 e. The molecule has 1 aromatic carbocycles. The van der Waals surface area contributed by atoms with Gasteiger partial charge in [0.05, 0.1) is 5.25 Å². The lowest BCUT2D eigenvalue weighted by Crippen LogP contribution is -2.23. The van der Waals surface area contributed by atoms with Gasteiger partial charge >= 0.3 is 0 Å². The maximum Gasteiger partial charge on any atom is 0.238 e. The molecule has 31 heavy (non-hydrogen) atoms. The quantitative estimate of drug-likeness (QED) is 0.466. The van der Waals surface area contributed by atoms with E-state index in [1.807, 2.05) is 37.5 Å². The van der Waals surface area contributed by atoms with Crippen molar-refractivity contribution < 1.29 is 14.1 Å². The molecule has 0 radical (unpaired) electrons. The Labute approximate surface area is 186 Å². The second-order valence-corrected chi connectivity index (χ2v) is 8.95. The first-order chi connectivity index (χ1) is 14.8. The summed E-state index contributed by atoms with van der Waals surface area (Å²) in [6.07, 6.45) is -0.283. The summed E-state index contributed by atoms with van der Waals surface area (Å²) in [6.45, 7) is 12.5. The van der Waals surface area contributed by atoms with Gasteiger partial charge in [-0.25, -0.2) is 0 Å². The number of ether oxygens (including phenoxy) is 1. The average Bonchev–Trinajstić information content (AvgIpc) is 3.33. The number of carbonyl (C=O) groups excluding carboxylic acids is 1. The number of anilines is 1. The molecular weight excluding hydrogens is 414 g/mol. The van der Waals surface area contributed by atoms with Gasteiger partial charge in [-0.05, 0) is 51.3 Å². The molecule has 3 aromatic rings. The number of nitrogens with one attached hydrogen (secondary N) is 1. The van der Waals surface area contributed by atoms with Crippen molar-refractivity contribution in [3.63, 3.8) is 0 Å². The fourth-order valence-corrected chi connectivity index (χ4v) is 3.96. The number of thioether (sulfide) groups is 1. The zero-order chi connectivity index (χ0) is 22.5. The Morgan fingerprint density at radius 2 is 1.90 bits per heavy atom. The number of carbonyl (C=O) groups is 1. The van der Waals surface area contributed by atoms with Gasteiger partial charge in [0.2, 0.25) is 5.91 Å². The van der Waals surface area contributed by atoms with Gasteiger partial charge in [-0.3, -0.25) is 4.79 Å². The largest absolute Gasteiger partial charge is 0.483 e. The van der Waals surface area contributed by atoms with E-state index in [1.165, 1.54) is 17.3 Å². The SMILES string of the molecule is CCn1c(SC(C)C(=O)Nc2cc(C)on2)nnc1C(C)Oc1ccc(C(C)C)cc1. The Morgan fingerprint density at radius 1 is 1.19 bits per heavy atom. The minimum absolute atomic E-state index is 0.181. The number of nitrogens with zero attached hydrogens (tertiary/aromatic N) is 4. The molecule has 9 heteroatoms. The first kappa shape index (κ1) is 22.9. The molecule has 1 N–H and O–H groups in total. The van der Waals surface area contributed by atoms with E-state index < -0.39 is 0 Å². The monoisotopic (exact) mass is 443 g/mol. The molecule has 2 aromatic heterocycles. The highest BCUT2D eigenvalue weighted by molar-refractivity contribution is 8.00. The van der Waals surface area contributed by atoms with Crippen molar-refractivity contribution in [2.75, 3.05) is 5.32 Å². The molecule has 2 heterocycles. The van der Waals surface area contributed by atoms with Gasteiger partial charge < -0.3 is 19.1 Å². The van der Waals surface area contributed by atoms with Crippen LogP contribution in [-0.4, -0.2) is 31.1 Å². The number of aromatic nitrogens is 4. The minimum atomic E-state index is -0.390. The highest BCUT2D eigenvalue weighted by Crippen LogP contribution is 2.28. The molecule has 8 nitrogen and oxygen atoms in total. The van der Waals surface area contributed by atoms with E-state index in [0.717, 1.165) is 11.6 Å².